The molecule has 0 spiro atoms. The Morgan fingerprint density at radius 1 is 1.67 bits per heavy atom. The zero-order chi connectivity index (χ0) is 7.68. The van der Waals surface area contributed by atoms with Crippen molar-refractivity contribution in [3.8, 4) is 0 Å². The summed E-state index contributed by atoms with van der Waals surface area (Å²) in [5.41, 5.74) is 0. The van der Waals surface area contributed by atoms with E-state index in [0.717, 1.165) is 12.6 Å². The number of halogens is 2. The third-order valence-electron chi connectivity index (χ3n) is 2.15. The molecule has 2 aliphatic rings. The number of fused-ring (bicyclic) bond motifs is 1. The van der Waals surface area contributed by atoms with Gasteiger partial charge in [-0.05, 0) is 0 Å². The molecule has 0 aromatic heterocycles. The zero-order valence-corrected chi connectivity index (χ0v) is 11.0. The molecule has 12 heavy (non-hydrogen) atoms. The van der Waals surface area contributed by atoms with Gasteiger partial charge in [0.1, 0.15) is 6.04 Å². The van der Waals surface area contributed by atoms with Gasteiger partial charge in [0.15, 0.2) is 0 Å². The highest BCUT2D eigenvalue weighted by molar-refractivity contribution is 14.1. The first kappa shape index (κ1) is 10.8. The maximum Gasteiger partial charge on any atom is 0.201 e. The number of hydrogen-bond donors (Lipinski definition) is 1. The van der Waals surface area contributed by atoms with E-state index in [-0.39, 0.29) is 24.0 Å². The van der Waals surface area contributed by atoms with E-state index in [1.165, 1.54) is 16.8 Å². The summed E-state index contributed by atoms with van der Waals surface area (Å²) in [6, 6.07) is 0.779. The summed E-state index contributed by atoms with van der Waals surface area (Å²) >= 11 is 2.46. The van der Waals surface area contributed by atoms with Crippen molar-refractivity contribution in [3.05, 3.63) is 24.0 Å². The van der Waals surface area contributed by atoms with Gasteiger partial charge in [-0.1, -0.05) is 34.7 Å². The summed E-state index contributed by atoms with van der Waals surface area (Å²) < 4.78 is 1.24. The van der Waals surface area contributed by atoms with Gasteiger partial charge in [0.05, 0.1) is 11.0 Å². The van der Waals surface area contributed by atoms with Crippen molar-refractivity contribution >= 4 is 22.6 Å². The van der Waals surface area contributed by atoms with Crippen molar-refractivity contribution in [2.75, 3.05) is 17.5 Å². The van der Waals surface area contributed by atoms with E-state index in [1.807, 2.05) is 0 Å². The van der Waals surface area contributed by atoms with Gasteiger partial charge < -0.3 is 28.9 Å². The largest absolute Gasteiger partial charge is 1.00 e. The van der Waals surface area contributed by atoms with E-state index in [0.29, 0.717) is 0 Å². The van der Waals surface area contributed by atoms with Crippen molar-refractivity contribution in [3.63, 3.8) is 0 Å². The fourth-order valence-corrected chi connectivity index (χ4v) is 2.11. The molecule has 2 N–H and O–H groups in total. The van der Waals surface area contributed by atoms with E-state index >= 15 is 0 Å². The van der Waals surface area contributed by atoms with Crippen molar-refractivity contribution in [1.29, 1.82) is 0 Å². The quantitative estimate of drug-likeness (QED) is 0.376. The number of hydrogen-bond acceptors (Lipinski definition) is 1. The molecule has 2 nitrogen and oxygen atoms in total. The first-order valence-electron chi connectivity index (χ1n) is 3.93. The lowest BCUT2D eigenvalue weighted by molar-refractivity contribution is -0.624. The Balaban J connectivity index is 0.000000720. The third-order valence-corrected chi connectivity index (χ3v) is 3.28. The Morgan fingerprint density at radius 2 is 2.50 bits per heavy atom. The number of nitrogens with zero attached hydrogens (tertiary/aromatic N) is 1. The van der Waals surface area contributed by atoms with Gasteiger partial charge >= 0.3 is 0 Å². The topological polar surface area (TPSA) is 19.9 Å². The predicted octanol–water partition coefficient (Wildman–Crippen LogP) is -2.92. The normalized spacial score (nSPS) is 26.2. The van der Waals surface area contributed by atoms with Crippen LogP contribution in [0.4, 0.5) is 0 Å². The van der Waals surface area contributed by atoms with Gasteiger partial charge in [0, 0.05) is 12.6 Å². The standard InChI is InChI=1S/C8H11IN2.HI/c9-5-7-6-11-4-2-1-3-8(11)10-7;/h1-3,7,10H,4-6H2;1H. The van der Waals surface area contributed by atoms with E-state index in [2.05, 4.69) is 51.0 Å². The van der Waals surface area contributed by atoms with E-state index in [9.17, 15) is 0 Å². The number of rotatable bonds is 1. The molecule has 0 saturated carbocycles. The molecule has 0 radical (unpaired) electrons. The number of allylic oxidation sites excluding steroid dienone is 2. The maximum absolute atomic E-state index is 2.46. The molecule has 68 valence electrons. The highest BCUT2D eigenvalue weighted by atomic mass is 127. The predicted molar refractivity (Wildman–Crippen MR) is 53.4 cm³/mol. The first-order chi connectivity index (χ1) is 5.40. The average Bonchev–Trinajstić information content (AvgIpc) is 2.46. The van der Waals surface area contributed by atoms with Gasteiger partial charge in [-0.25, -0.2) is 0 Å². The Kier molecular flexibility index (Phi) is 4.31. The van der Waals surface area contributed by atoms with Crippen molar-refractivity contribution < 1.29 is 29.3 Å². The lowest BCUT2D eigenvalue weighted by atomic mass is 10.3. The minimum atomic E-state index is 0. The molecular weight excluding hydrogens is 378 g/mol. The van der Waals surface area contributed by atoms with Crippen LogP contribution in [0.2, 0.25) is 0 Å². The van der Waals surface area contributed by atoms with E-state index < -0.39 is 0 Å². The number of alkyl halides is 1. The monoisotopic (exact) mass is 390 g/mol. The fraction of sp³-hybridized carbons (Fsp3) is 0.500. The highest BCUT2D eigenvalue weighted by Gasteiger charge is 2.29. The summed E-state index contributed by atoms with van der Waals surface area (Å²) in [5, 5.41) is 2.38. The molecule has 1 fully saturated rings. The molecule has 0 aromatic rings. The highest BCUT2D eigenvalue weighted by Crippen LogP contribution is 2.09. The summed E-state index contributed by atoms with van der Waals surface area (Å²) in [6.07, 6.45) is 6.57. The lowest BCUT2D eigenvalue weighted by Gasteiger charge is -2.14. The summed E-state index contributed by atoms with van der Waals surface area (Å²) in [6.45, 7) is 2.33. The first-order valence-corrected chi connectivity index (χ1v) is 5.45. The SMILES string of the molecule is ICC1CN2CC=CC=C2[NH2+]1.[I-]. The van der Waals surface area contributed by atoms with Crippen LogP contribution in [0.1, 0.15) is 0 Å². The van der Waals surface area contributed by atoms with Crippen molar-refractivity contribution in [1.82, 2.24) is 4.90 Å². The Hall–Kier alpha value is 0.700. The molecule has 0 amide bonds. The molecule has 0 bridgehead atoms. The zero-order valence-electron chi connectivity index (χ0n) is 6.71. The average molecular weight is 390 g/mol. The van der Waals surface area contributed by atoms with Crippen molar-refractivity contribution in [2.24, 2.45) is 0 Å². The van der Waals surface area contributed by atoms with Crippen molar-refractivity contribution in [2.45, 2.75) is 6.04 Å². The molecule has 2 rings (SSSR count). The van der Waals surface area contributed by atoms with Crippen LogP contribution in [0.3, 0.4) is 0 Å². The molecule has 4 heteroatoms. The van der Waals surface area contributed by atoms with Gasteiger partial charge in [-0.3, -0.25) is 5.32 Å². The molecule has 1 atom stereocenters. The van der Waals surface area contributed by atoms with Crippen LogP contribution in [0.5, 0.6) is 0 Å². The second kappa shape index (κ2) is 4.80. The molecule has 1 saturated heterocycles. The summed E-state index contributed by atoms with van der Waals surface area (Å²) in [7, 11) is 0. The molecule has 2 heterocycles. The molecule has 1 unspecified atom stereocenters. The van der Waals surface area contributed by atoms with Crippen LogP contribution in [-0.4, -0.2) is 28.5 Å². The minimum absolute atomic E-state index is 0. The smallest absolute Gasteiger partial charge is 0.201 e. The van der Waals surface area contributed by atoms with E-state index in [1.54, 1.807) is 0 Å². The van der Waals surface area contributed by atoms with Gasteiger partial charge in [-0.15, -0.1) is 0 Å². The minimum Gasteiger partial charge on any atom is -1.00 e. The molecular formula is C8H12I2N2. The second-order valence-corrected chi connectivity index (χ2v) is 3.89. The Bertz CT molecular complexity index is 213. The number of quaternary nitrogens is 1. The van der Waals surface area contributed by atoms with Gasteiger partial charge in [-0.2, -0.15) is 0 Å². The van der Waals surface area contributed by atoms with Crippen LogP contribution in [-0.2, 0) is 0 Å². The Morgan fingerprint density at radius 3 is 3.17 bits per heavy atom. The summed E-state index contributed by atoms with van der Waals surface area (Å²) in [4.78, 5) is 2.43. The molecule has 2 aliphatic heterocycles. The lowest BCUT2D eigenvalue weighted by Crippen LogP contribution is -3.00. The van der Waals surface area contributed by atoms with Crippen LogP contribution >= 0.6 is 22.6 Å². The fourth-order valence-electron chi connectivity index (χ4n) is 1.58. The van der Waals surface area contributed by atoms with Crippen LogP contribution in [0.15, 0.2) is 24.0 Å². The third kappa shape index (κ3) is 2.14. The summed E-state index contributed by atoms with van der Waals surface area (Å²) in [5.74, 6) is 1.43. The number of nitrogens with two attached hydrogens (primary N) is 1. The van der Waals surface area contributed by atoms with Gasteiger partial charge in [0.25, 0.3) is 0 Å². The van der Waals surface area contributed by atoms with E-state index in [4.69, 9.17) is 0 Å². The van der Waals surface area contributed by atoms with Crippen LogP contribution in [0, 0.1) is 0 Å². The molecule has 0 aliphatic carbocycles. The van der Waals surface area contributed by atoms with Crippen LogP contribution < -0.4 is 29.3 Å². The van der Waals surface area contributed by atoms with Gasteiger partial charge in [0.2, 0.25) is 5.82 Å². The molecule has 0 aromatic carbocycles. The maximum atomic E-state index is 2.46. The second-order valence-electron chi connectivity index (χ2n) is 3.01. The Labute approximate surface area is 104 Å². The van der Waals surface area contributed by atoms with Crippen LogP contribution in [0.25, 0.3) is 0 Å².